The molecule has 1 aromatic heterocycles. The van der Waals surface area contributed by atoms with Gasteiger partial charge in [-0.1, -0.05) is 30.3 Å². The lowest BCUT2D eigenvalue weighted by atomic mass is 10.1. The minimum absolute atomic E-state index is 0.0942. The first-order valence-electron chi connectivity index (χ1n) is 7.01. The third kappa shape index (κ3) is 3.64. The van der Waals surface area contributed by atoms with Gasteiger partial charge in [-0.25, -0.2) is 9.97 Å². The first-order valence-corrected chi connectivity index (χ1v) is 7.01. The first kappa shape index (κ1) is 14.7. The number of hydrogen-bond acceptors (Lipinski definition) is 3. The molecule has 0 fully saturated rings. The number of rotatable bonds is 3. The predicted molar refractivity (Wildman–Crippen MR) is 83.5 cm³/mol. The quantitative estimate of drug-likeness (QED) is 0.924. The van der Waals surface area contributed by atoms with Gasteiger partial charge in [0, 0.05) is 34.6 Å². The van der Waals surface area contributed by atoms with Crippen molar-refractivity contribution in [3.63, 3.8) is 0 Å². The molecule has 1 aromatic carbocycles. The maximum Gasteiger partial charge on any atom is 0.159 e. The highest BCUT2D eigenvalue weighted by molar-refractivity contribution is 5.55. The van der Waals surface area contributed by atoms with Crippen molar-refractivity contribution in [2.75, 3.05) is 0 Å². The lowest BCUT2D eigenvalue weighted by molar-refractivity contribution is 0.422. The van der Waals surface area contributed by atoms with Crippen molar-refractivity contribution in [1.29, 1.82) is 0 Å². The van der Waals surface area contributed by atoms with Crippen molar-refractivity contribution >= 4 is 0 Å². The number of benzene rings is 1. The van der Waals surface area contributed by atoms with Crippen molar-refractivity contribution in [3.8, 4) is 11.4 Å². The van der Waals surface area contributed by atoms with Gasteiger partial charge in [0.05, 0.1) is 0 Å². The summed E-state index contributed by atoms with van der Waals surface area (Å²) < 4.78 is 0. The molecule has 106 valence electrons. The second-order valence-electron chi connectivity index (χ2n) is 6.17. The third-order valence-electron chi connectivity index (χ3n) is 3.25. The van der Waals surface area contributed by atoms with E-state index in [0.717, 1.165) is 29.3 Å². The Morgan fingerprint density at radius 3 is 2.00 bits per heavy atom. The zero-order valence-electron chi connectivity index (χ0n) is 13.0. The van der Waals surface area contributed by atoms with Gasteiger partial charge in [0.2, 0.25) is 0 Å². The zero-order chi connectivity index (χ0) is 14.8. The van der Waals surface area contributed by atoms with Gasteiger partial charge in [0.1, 0.15) is 0 Å². The zero-order valence-corrected chi connectivity index (χ0v) is 13.0. The molecule has 0 atom stereocenters. The van der Waals surface area contributed by atoms with Crippen molar-refractivity contribution in [1.82, 2.24) is 15.3 Å². The van der Waals surface area contributed by atoms with Crippen molar-refractivity contribution in [3.05, 3.63) is 47.3 Å². The molecule has 0 saturated carbocycles. The largest absolute Gasteiger partial charge is 0.308 e. The van der Waals surface area contributed by atoms with Crippen LogP contribution in [-0.4, -0.2) is 15.5 Å². The molecule has 0 spiro atoms. The van der Waals surface area contributed by atoms with Crippen LogP contribution in [0.1, 0.15) is 37.7 Å². The Morgan fingerprint density at radius 1 is 0.950 bits per heavy atom. The molecular weight excluding hydrogens is 246 g/mol. The smallest absolute Gasteiger partial charge is 0.159 e. The van der Waals surface area contributed by atoms with Crippen LogP contribution in [0, 0.1) is 13.8 Å². The summed E-state index contributed by atoms with van der Waals surface area (Å²) >= 11 is 0. The Kier molecular flexibility index (Phi) is 4.19. The van der Waals surface area contributed by atoms with Gasteiger partial charge < -0.3 is 5.32 Å². The molecule has 0 amide bonds. The van der Waals surface area contributed by atoms with E-state index in [1.807, 2.05) is 30.3 Å². The molecule has 20 heavy (non-hydrogen) atoms. The molecule has 0 saturated heterocycles. The molecule has 2 aromatic rings. The average molecular weight is 269 g/mol. The third-order valence-corrected chi connectivity index (χ3v) is 3.25. The van der Waals surface area contributed by atoms with E-state index >= 15 is 0 Å². The molecule has 0 radical (unpaired) electrons. The fourth-order valence-electron chi connectivity index (χ4n) is 2.07. The topological polar surface area (TPSA) is 37.8 Å². The molecule has 1 heterocycles. The Hall–Kier alpha value is -1.74. The van der Waals surface area contributed by atoms with Crippen molar-refractivity contribution in [2.24, 2.45) is 0 Å². The molecule has 0 aliphatic carbocycles. The molecule has 1 N–H and O–H groups in total. The van der Waals surface area contributed by atoms with Gasteiger partial charge in [-0.15, -0.1) is 0 Å². The second-order valence-corrected chi connectivity index (χ2v) is 6.17. The van der Waals surface area contributed by atoms with Crippen molar-refractivity contribution in [2.45, 2.75) is 46.7 Å². The minimum atomic E-state index is 0.0942. The van der Waals surface area contributed by atoms with Crippen LogP contribution in [0.3, 0.4) is 0 Å². The van der Waals surface area contributed by atoms with Crippen LogP contribution in [-0.2, 0) is 6.54 Å². The standard InChI is InChI=1S/C17H23N3/c1-12-15(11-18-17(3,4)5)13(2)20-16(19-12)14-9-7-6-8-10-14/h6-10,18H,11H2,1-5H3. The fourth-order valence-corrected chi connectivity index (χ4v) is 2.07. The van der Waals surface area contributed by atoms with Crippen LogP contribution in [0.2, 0.25) is 0 Å². The maximum atomic E-state index is 4.65. The number of hydrogen-bond donors (Lipinski definition) is 1. The monoisotopic (exact) mass is 269 g/mol. The van der Waals surface area contributed by atoms with E-state index in [-0.39, 0.29) is 5.54 Å². The van der Waals surface area contributed by atoms with Crippen LogP contribution in [0.25, 0.3) is 11.4 Å². The number of nitrogens with one attached hydrogen (secondary N) is 1. The summed E-state index contributed by atoms with van der Waals surface area (Å²) in [6, 6.07) is 10.1. The molecule has 0 unspecified atom stereocenters. The fraction of sp³-hybridized carbons (Fsp3) is 0.412. The Morgan fingerprint density at radius 2 is 1.50 bits per heavy atom. The summed E-state index contributed by atoms with van der Waals surface area (Å²) in [5.41, 5.74) is 4.45. The normalized spacial score (nSPS) is 11.7. The summed E-state index contributed by atoms with van der Waals surface area (Å²) in [4.78, 5) is 9.31. The molecule has 0 aliphatic heterocycles. The SMILES string of the molecule is Cc1nc(-c2ccccc2)nc(C)c1CNC(C)(C)C. The van der Waals surface area contributed by atoms with E-state index in [2.05, 4.69) is 49.9 Å². The first-order chi connectivity index (χ1) is 9.37. The minimum Gasteiger partial charge on any atom is -0.308 e. The summed E-state index contributed by atoms with van der Waals surface area (Å²) in [5, 5.41) is 3.50. The Balaban J connectivity index is 2.30. The predicted octanol–water partition coefficient (Wildman–Crippen LogP) is 3.65. The number of aromatic nitrogens is 2. The highest BCUT2D eigenvalue weighted by Gasteiger charge is 2.13. The van der Waals surface area contributed by atoms with Crippen LogP contribution in [0.5, 0.6) is 0 Å². The van der Waals surface area contributed by atoms with Gasteiger partial charge >= 0.3 is 0 Å². The lowest BCUT2D eigenvalue weighted by Crippen LogP contribution is -2.35. The Bertz CT molecular complexity index is 560. The molecule has 0 bridgehead atoms. The maximum absolute atomic E-state index is 4.65. The highest BCUT2D eigenvalue weighted by Crippen LogP contribution is 2.19. The van der Waals surface area contributed by atoms with E-state index in [4.69, 9.17) is 0 Å². The number of nitrogens with zero attached hydrogens (tertiary/aromatic N) is 2. The van der Waals surface area contributed by atoms with Crippen LogP contribution < -0.4 is 5.32 Å². The second kappa shape index (κ2) is 5.71. The van der Waals surface area contributed by atoms with Gasteiger partial charge in [0.15, 0.2) is 5.82 Å². The molecule has 2 rings (SSSR count). The molecule has 0 aliphatic rings. The van der Waals surface area contributed by atoms with Crippen LogP contribution in [0.15, 0.2) is 30.3 Å². The van der Waals surface area contributed by atoms with Crippen LogP contribution >= 0.6 is 0 Å². The summed E-state index contributed by atoms with van der Waals surface area (Å²) in [6.07, 6.45) is 0. The van der Waals surface area contributed by atoms with Crippen LogP contribution in [0.4, 0.5) is 0 Å². The van der Waals surface area contributed by atoms with E-state index in [9.17, 15) is 0 Å². The van der Waals surface area contributed by atoms with E-state index < -0.39 is 0 Å². The summed E-state index contributed by atoms with van der Waals surface area (Å²) in [7, 11) is 0. The van der Waals surface area contributed by atoms with Gasteiger partial charge in [-0.3, -0.25) is 0 Å². The van der Waals surface area contributed by atoms with E-state index in [0.29, 0.717) is 0 Å². The van der Waals surface area contributed by atoms with Gasteiger partial charge in [-0.05, 0) is 34.6 Å². The molecular formula is C17H23N3. The molecule has 3 heteroatoms. The van der Waals surface area contributed by atoms with Gasteiger partial charge in [-0.2, -0.15) is 0 Å². The van der Waals surface area contributed by atoms with E-state index in [1.54, 1.807) is 0 Å². The summed E-state index contributed by atoms with van der Waals surface area (Å²) in [6.45, 7) is 11.4. The molecule has 3 nitrogen and oxygen atoms in total. The van der Waals surface area contributed by atoms with E-state index in [1.165, 1.54) is 5.56 Å². The number of aryl methyl sites for hydroxylation is 2. The van der Waals surface area contributed by atoms with Gasteiger partial charge in [0.25, 0.3) is 0 Å². The lowest BCUT2D eigenvalue weighted by Gasteiger charge is -2.22. The highest BCUT2D eigenvalue weighted by atomic mass is 15.0. The van der Waals surface area contributed by atoms with Crippen molar-refractivity contribution < 1.29 is 0 Å². The summed E-state index contributed by atoms with van der Waals surface area (Å²) in [5.74, 6) is 0.806. The Labute approximate surface area is 121 Å². The average Bonchev–Trinajstić information content (AvgIpc) is 2.37.